The predicted octanol–water partition coefficient (Wildman–Crippen LogP) is 4.01. The molecule has 4 nitrogen and oxygen atoms in total. The van der Waals surface area contributed by atoms with Crippen LogP contribution in [0.15, 0.2) is 47.6 Å². The maximum absolute atomic E-state index is 13.4. The largest absolute Gasteiger partial charge is 0.483 e. The third kappa shape index (κ3) is 5.11. The number of nitrogens with zero attached hydrogens (tertiary/aromatic N) is 1. The molecule has 0 bridgehead atoms. The van der Waals surface area contributed by atoms with Gasteiger partial charge >= 0.3 is 0 Å². The minimum absolute atomic E-state index is 0.0525. The molecule has 0 radical (unpaired) electrons. The maximum Gasteiger partial charge on any atom is 0.277 e. The number of carbonyl (C=O) groups is 1. The Morgan fingerprint density at radius 3 is 2.76 bits per heavy atom. The molecule has 0 heterocycles. The quantitative estimate of drug-likeness (QED) is 0.608. The molecule has 0 spiro atoms. The van der Waals surface area contributed by atoms with Gasteiger partial charge in [0, 0.05) is 5.56 Å². The van der Waals surface area contributed by atoms with E-state index in [0.29, 0.717) is 11.7 Å². The van der Waals surface area contributed by atoms with Gasteiger partial charge in [0.25, 0.3) is 5.91 Å². The zero-order chi connectivity index (χ0) is 18.2. The lowest BCUT2D eigenvalue weighted by Crippen LogP contribution is -2.25. The number of amides is 1. The van der Waals surface area contributed by atoms with Gasteiger partial charge in [-0.2, -0.15) is 5.10 Å². The highest BCUT2D eigenvalue weighted by molar-refractivity contribution is 5.83. The molecule has 1 atom stereocenters. The summed E-state index contributed by atoms with van der Waals surface area (Å²) < 4.78 is 32.1. The number of halogens is 2. The van der Waals surface area contributed by atoms with Crippen molar-refractivity contribution < 1.29 is 18.3 Å². The Kier molecular flexibility index (Phi) is 6.62. The first-order valence-corrected chi connectivity index (χ1v) is 8.00. The van der Waals surface area contributed by atoms with Crippen LogP contribution in [0.1, 0.15) is 37.3 Å². The number of para-hydroxylation sites is 1. The van der Waals surface area contributed by atoms with Gasteiger partial charge in [-0.1, -0.05) is 44.2 Å². The van der Waals surface area contributed by atoms with Crippen molar-refractivity contribution in [1.82, 2.24) is 5.43 Å². The molecule has 0 aliphatic carbocycles. The molecule has 0 saturated heterocycles. The van der Waals surface area contributed by atoms with Gasteiger partial charge in [-0.3, -0.25) is 4.79 Å². The SMILES string of the molecule is CCC(C)c1ccccc1OCC(=O)N/N=C/c1cccc(F)c1F. The van der Waals surface area contributed by atoms with Crippen molar-refractivity contribution >= 4 is 12.1 Å². The van der Waals surface area contributed by atoms with Gasteiger partial charge in [0.15, 0.2) is 18.2 Å². The van der Waals surface area contributed by atoms with E-state index in [1.54, 1.807) is 6.07 Å². The monoisotopic (exact) mass is 346 g/mol. The maximum atomic E-state index is 13.4. The Morgan fingerprint density at radius 2 is 2.00 bits per heavy atom. The Labute approximate surface area is 145 Å². The van der Waals surface area contributed by atoms with Crippen LogP contribution in [0.2, 0.25) is 0 Å². The van der Waals surface area contributed by atoms with E-state index in [4.69, 9.17) is 4.74 Å². The molecule has 2 rings (SSSR count). The number of nitrogens with one attached hydrogen (secondary N) is 1. The van der Waals surface area contributed by atoms with Crippen LogP contribution in [0.4, 0.5) is 8.78 Å². The second-order valence-corrected chi connectivity index (χ2v) is 5.57. The van der Waals surface area contributed by atoms with E-state index in [1.807, 2.05) is 18.2 Å². The molecule has 1 unspecified atom stereocenters. The van der Waals surface area contributed by atoms with Crippen molar-refractivity contribution in [1.29, 1.82) is 0 Å². The summed E-state index contributed by atoms with van der Waals surface area (Å²) in [7, 11) is 0. The van der Waals surface area contributed by atoms with Crippen molar-refractivity contribution in [2.45, 2.75) is 26.2 Å². The average molecular weight is 346 g/mol. The minimum atomic E-state index is -1.01. The molecule has 0 aliphatic rings. The number of rotatable bonds is 7. The first-order valence-electron chi connectivity index (χ1n) is 8.00. The van der Waals surface area contributed by atoms with E-state index in [9.17, 15) is 13.6 Å². The molecule has 0 saturated carbocycles. The molecule has 2 aromatic carbocycles. The van der Waals surface area contributed by atoms with Crippen LogP contribution in [0.25, 0.3) is 0 Å². The number of hydrogen-bond acceptors (Lipinski definition) is 3. The van der Waals surface area contributed by atoms with Gasteiger partial charge in [0.05, 0.1) is 6.21 Å². The number of ether oxygens (including phenoxy) is 1. The van der Waals surface area contributed by atoms with E-state index in [0.717, 1.165) is 24.3 Å². The van der Waals surface area contributed by atoms with Gasteiger partial charge in [0.2, 0.25) is 0 Å². The highest BCUT2D eigenvalue weighted by Crippen LogP contribution is 2.28. The molecule has 6 heteroatoms. The standard InChI is InChI=1S/C19H20F2N2O2/c1-3-13(2)15-8-4-5-10-17(15)25-12-18(24)23-22-11-14-7-6-9-16(20)19(14)21/h4-11,13H,3,12H2,1-2H3,(H,23,24)/b22-11+. The summed E-state index contributed by atoms with van der Waals surface area (Å²) >= 11 is 0. The number of hydrazone groups is 1. The van der Waals surface area contributed by atoms with Gasteiger partial charge in [-0.15, -0.1) is 0 Å². The van der Waals surface area contributed by atoms with Gasteiger partial charge in [-0.25, -0.2) is 14.2 Å². The van der Waals surface area contributed by atoms with E-state index in [-0.39, 0.29) is 12.2 Å². The second-order valence-electron chi connectivity index (χ2n) is 5.57. The lowest BCUT2D eigenvalue weighted by molar-refractivity contribution is -0.123. The molecular weight excluding hydrogens is 326 g/mol. The van der Waals surface area contributed by atoms with E-state index in [1.165, 1.54) is 12.1 Å². The molecule has 0 aromatic heterocycles. The molecule has 2 aromatic rings. The van der Waals surface area contributed by atoms with Crippen LogP contribution in [-0.2, 0) is 4.79 Å². The average Bonchev–Trinajstić information content (AvgIpc) is 2.63. The van der Waals surface area contributed by atoms with Crippen LogP contribution in [-0.4, -0.2) is 18.7 Å². The van der Waals surface area contributed by atoms with Crippen molar-refractivity contribution in [3.05, 3.63) is 65.2 Å². The van der Waals surface area contributed by atoms with Crippen LogP contribution >= 0.6 is 0 Å². The first-order chi connectivity index (χ1) is 12.0. The summed E-state index contributed by atoms with van der Waals surface area (Å²) in [6, 6.07) is 11.3. The Morgan fingerprint density at radius 1 is 1.24 bits per heavy atom. The summed E-state index contributed by atoms with van der Waals surface area (Å²) in [6.07, 6.45) is 2.00. The Bertz CT molecular complexity index is 763. The molecule has 1 amide bonds. The zero-order valence-corrected chi connectivity index (χ0v) is 14.1. The van der Waals surface area contributed by atoms with E-state index in [2.05, 4.69) is 24.4 Å². The van der Waals surface area contributed by atoms with Gasteiger partial charge in [-0.05, 0) is 30.0 Å². The van der Waals surface area contributed by atoms with Gasteiger partial charge < -0.3 is 4.74 Å². The number of hydrogen-bond donors (Lipinski definition) is 1. The van der Waals surface area contributed by atoms with E-state index < -0.39 is 17.5 Å². The van der Waals surface area contributed by atoms with Crippen LogP contribution < -0.4 is 10.2 Å². The predicted molar refractivity (Wildman–Crippen MR) is 92.7 cm³/mol. The van der Waals surface area contributed by atoms with E-state index >= 15 is 0 Å². The molecule has 1 N–H and O–H groups in total. The molecule has 0 fully saturated rings. The summed E-state index contributed by atoms with van der Waals surface area (Å²) in [6.45, 7) is 3.94. The van der Waals surface area contributed by atoms with Crippen molar-refractivity contribution in [3.8, 4) is 5.75 Å². The molecule has 25 heavy (non-hydrogen) atoms. The summed E-state index contributed by atoms with van der Waals surface area (Å²) in [5.41, 5.74) is 3.21. The van der Waals surface area contributed by atoms with Crippen LogP contribution in [0.5, 0.6) is 5.75 Å². The number of carbonyl (C=O) groups excluding carboxylic acids is 1. The topological polar surface area (TPSA) is 50.7 Å². The fraction of sp³-hybridized carbons (Fsp3) is 0.263. The third-order valence-corrected chi connectivity index (χ3v) is 3.80. The summed E-state index contributed by atoms with van der Waals surface area (Å²) in [4.78, 5) is 11.8. The highest BCUT2D eigenvalue weighted by Gasteiger charge is 2.11. The van der Waals surface area contributed by atoms with Gasteiger partial charge in [0.1, 0.15) is 5.75 Å². The third-order valence-electron chi connectivity index (χ3n) is 3.80. The lowest BCUT2D eigenvalue weighted by Gasteiger charge is -2.15. The molecule has 0 aliphatic heterocycles. The minimum Gasteiger partial charge on any atom is -0.483 e. The summed E-state index contributed by atoms with van der Waals surface area (Å²) in [5.74, 6) is -1.52. The van der Waals surface area contributed by atoms with Crippen molar-refractivity contribution in [3.63, 3.8) is 0 Å². The lowest BCUT2D eigenvalue weighted by atomic mass is 9.98. The molecule has 132 valence electrons. The fourth-order valence-electron chi connectivity index (χ4n) is 2.21. The smallest absolute Gasteiger partial charge is 0.277 e. The first kappa shape index (κ1) is 18.6. The number of benzene rings is 2. The Hall–Kier alpha value is -2.76. The molecular formula is C19H20F2N2O2. The Balaban J connectivity index is 1.91. The highest BCUT2D eigenvalue weighted by atomic mass is 19.2. The van der Waals surface area contributed by atoms with Crippen LogP contribution in [0.3, 0.4) is 0 Å². The van der Waals surface area contributed by atoms with Crippen molar-refractivity contribution in [2.24, 2.45) is 5.10 Å². The fourth-order valence-corrected chi connectivity index (χ4v) is 2.21. The zero-order valence-electron chi connectivity index (χ0n) is 14.1. The van der Waals surface area contributed by atoms with Crippen molar-refractivity contribution in [2.75, 3.05) is 6.61 Å². The normalized spacial score (nSPS) is 12.2. The second kappa shape index (κ2) is 8.92. The summed E-state index contributed by atoms with van der Waals surface area (Å²) in [5, 5.41) is 3.62. The van der Waals surface area contributed by atoms with Crippen LogP contribution in [0, 0.1) is 11.6 Å².